The fourth-order valence-corrected chi connectivity index (χ4v) is 1.82. The Morgan fingerprint density at radius 2 is 1.87 bits per heavy atom. The largest absolute Gasteiger partial charge is 0.481 e. The summed E-state index contributed by atoms with van der Waals surface area (Å²) < 4.78 is 60.8. The van der Waals surface area contributed by atoms with Crippen LogP contribution in [0.3, 0.4) is 0 Å². The third-order valence-electron chi connectivity index (χ3n) is 1.83. The first-order valence-corrected chi connectivity index (χ1v) is 5.70. The van der Waals surface area contributed by atoms with Gasteiger partial charge in [0.05, 0.1) is 5.92 Å². The second-order valence-electron chi connectivity index (χ2n) is 3.12. The van der Waals surface area contributed by atoms with E-state index in [9.17, 15) is 24.2 Å². The van der Waals surface area contributed by atoms with Crippen molar-refractivity contribution in [2.24, 2.45) is 5.92 Å². The van der Waals surface area contributed by atoms with Crippen LogP contribution < -0.4 is 0 Å². The van der Waals surface area contributed by atoms with Crippen molar-refractivity contribution in [3.8, 4) is 0 Å². The van der Waals surface area contributed by atoms with Gasteiger partial charge in [-0.2, -0.15) is 0 Å². The lowest BCUT2D eigenvalue weighted by molar-refractivity contribution is -0.139. The third-order valence-corrected chi connectivity index (χ3v) is 3.02. The van der Waals surface area contributed by atoms with Gasteiger partial charge in [0, 0.05) is 0 Å². The van der Waals surface area contributed by atoms with Crippen LogP contribution in [0.5, 0.6) is 0 Å². The van der Waals surface area contributed by atoms with E-state index in [0.29, 0.717) is 6.08 Å². The molecule has 0 aliphatic heterocycles. The van der Waals surface area contributed by atoms with Crippen LogP contribution in [-0.4, -0.2) is 11.1 Å². The number of aliphatic carboxylic acids is 1. The lowest BCUT2D eigenvalue weighted by Gasteiger charge is -2.42. The third kappa shape index (κ3) is 2.95. The standard InChI is InChI=1S/C7H7F5O2S/c8-15(9,10,11,12)6-3-1-5(2-4-6)7(13)14/h1,3-5H,2H2,(H,13,14). The summed E-state index contributed by atoms with van der Waals surface area (Å²) in [6, 6.07) is 0. The Balaban J connectivity index is 3.00. The molecule has 0 amide bonds. The van der Waals surface area contributed by atoms with Crippen molar-refractivity contribution in [2.45, 2.75) is 6.42 Å². The molecule has 0 fully saturated rings. The molecule has 88 valence electrons. The highest BCUT2D eigenvalue weighted by Gasteiger charge is 2.66. The van der Waals surface area contributed by atoms with E-state index >= 15 is 0 Å². The van der Waals surface area contributed by atoms with Crippen molar-refractivity contribution >= 4 is 16.2 Å². The van der Waals surface area contributed by atoms with Gasteiger partial charge in [-0.15, -0.1) is 0 Å². The van der Waals surface area contributed by atoms with E-state index in [0.717, 1.165) is 0 Å². The Morgan fingerprint density at radius 3 is 2.13 bits per heavy atom. The first-order valence-electron chi connectivity index (χ1n) is 3.75. The molecule has 1 N–H and O–H groups in total. The van der Waals surface area contributed by atoms with Gasteiger partial charge < -0.3 is 5.11 Å². The molecule has 0 heterocycles. The molecular weight excluding hydrogens is 243 g/mol. The smallest absolute Gasteiger partial charge is 0.310 e. The molecule has 1 aliphatic rings. The van der Waals surface area contributed by atoms with Crippen LogP contribution in [0.4, 0.5) is 19.4 Å². The van der Waals surface area contributed by atoms with Crippen molar-refractivity contribution < 1.29 is 29.3 Å². The first-order chi connectivity index (χ1) is 6.40. The van der Waals surface area contributed by atoms with Gasteiger partial charge in [-0.25, -0.2) is 0 Å². The van der Waals surface area contributed by atoms with Crippen LogP contribution in [-0.2, 0) is 4.79 Å². The maximum atomic E-state index is 12.2. The average molecular weight is 250 g/mol. The summed E-state index contributed by atoms with van der Waals surface area (Å²) in [6.07, 6.45) is 0.395. The van der Waals surface area contributed by atoms with Gasteiger partial charge in [0.15, 0.2) is 0 Å². The van der Waals surface area contributed by atoms with E-state index in [-0.39, 0.29) is 12.2 Å². The molecule has 0 aromatic carbocycles. The molecule has 1 aliphatic carbocycles. The summed E-state index contributed by atoms with van der Waals surface area (Å²) in [7, 11) is -9.64. The molecular formula is C7H7F5O2S. The van der Waals surface area contributed by atoms with E-state index in [1.807, 2.05) is 0 Å². The highest BCUT2D eigenvalue weighted by atomic mass is 32.5. The molecule has 15 heavy (non-hydrogen) atoms. The van der Waals surface area contributed by atoms with E-state index in [4.69, 9.17) is 5.11 Å². The summed E-state index contributed by atoms with van der Waals surface area (Å²) in [5, 5.41) is 8.42. The Kier molecular flexibility index (Phi) is 2.04. The topological polar surface area (TPSA) is 37.3 Å². The lowest BCUT2D eigenvalue weighted by atomic mass is 10.0. The van der Waals surface area contributed by atoms with Crippen LogP contribution in [0, 0.1) is 5.92 Å². The predicted molar refractivity (Wildman–Crippen MR) is 46.1 cm³/mol. The maximum Gasteiger partial charge on any atom is 0.310 e. The number of hydrogen-bond acceptors (Lipinski definition) is 1. The molecule has 0 radical (unpaired) electrons. The Hall–Kier alpha value is -1.05. The van der Waals surface area contributed by atoms with Gasteiger partial charge in [0.25, 0.3) is 0 Å². The van der Waals surface area contributed by atoms with Gasteiger partial charge in [-0.05, 0) is 12.5 Å². The monoisotopic (exact) mass is 250 g/mol. The van der Waals surface area contributed by atoms with Gasteiger partial charge in [-0.1, -0.05) is 31.6 Å². The maximum absolute atomic E-state index is 12.2. The second-order valence-corrected chi connectivity index (χ2v) is 5.52. The number of allylic oxidation sites excluding steroid dienone is 2. The Bertz CT molecular complexity index is 365. The summed E-state index contributed by atoms with van der Waals surface area (Å²) in [6.45, 7) is 0. The quantitative estimate of drug-likeness (QED) is 0.756. The average Bonchev–Trinajstić information content (AvgIpc) is 2.00. The molecule has 0 aromatic heterocycles. The van der Waals surface area contributed by atoms with Crippen molar-refractivity contribution in [1.29, 1.82) is 0 Å². The molecule has 0 saturated heterocycles. The molecule has 1 rings (SSSR count). The van der Waals surface area contributed by atoms with Crippen molar-refractivity contribution in [1.82, 2.24) is 0 Å². The number of carboxylic acids is 1. The van der Waals surface area contributed by atoms with Crippen LogP contribution in [0.25, 0.3) is 0 Å². The lowest BCUT2D eigenvalue weighted by Crippen LogP contribution is -2.16. The highest BCUT2D eigenvalue weighted by Crippen LogP contribution is 3.02. The molecule has 0 bridgehead atoms. The summed E-state index contributed by atoms with van der Waals surface area (Å²) in [5.41, 5.74) is 0. The molecule has 8 heteroatoms. The van der Waals surface area contributed by atoms with Crippen molar-refractivity contribution in [3.05, 3.63) is 23.1 Å². The summed E-state index contributed by atoms with van der Waals surface area (Å²) in [5.74, 6) is -2.52. The Morgan fingerprint density at radius 1 is 1.33 bits per heavy atom. The number of halogens is 5. The van der Waals surface area contributed by atoms with E-state index in [1.54, 1.807) is 0 Å². The van der Waals surface area contributed by atoms with Crippen LogP contribution in [0.2, 0.25) is 0 Å². The predicted octanol–water partition coefficient (Wildman–Crippen LogP) is 3.83. The van der Waals surface area contributed by atoms with Crippen LogP contribution in [0.15, 0.2) is 23.1 Å². The number of rotatable bonds is 2. The zero-order chi connectivity index (χ0) is 12.0. The second kappa shape index (κ2) is 2.55. The molecule has 0 saturated carbocycles. The van der Waals surface area contributed by atoms with Gasteiger partial charge in [0.1, 0.15) is 4.91 Å². The number of carboxylic acid groups (broad SMARTS) is 1. The minimum atomic E-state index is -9.64. The van der Waals surface area contributed by atoms with Crippen molar-refractivity contribution in [3.63, 3.8) is 0 Å². The zero-order valence-electron chi connectivity index (χ0n) is 7.17. The summed E-state index contributed by atoms with van der Waals surface area (Å²) in [4.78, 5) is 8.31. The SMILES string of the molecule is O=C(O)C1C=CC(S(F)(F)(F)(F)F)=CC1. The summed E-state index contributed by atoms with van der Waals surface area (Å²) >= 11 is 0. The normalized spacial score (nSPS) is 26.5. The van der Waals surface area contributed by atoms with Crippen molar-refractivity contribution in [2.75, 3.05) is 0 Å². The van der Waals surface area contributed by atoms with Crippen LogP contribution in [0.1, 0.15) is 6.42 Å². The fraction of sp³-hybridized carbons (Fsp3) is 0.286. The van der Waals surface area contributed by atoms with E-state index in [2.05, 4.69) is 0 Å². The van der Waals surface area contributed by atoms with E-state index in [1.165, 1.54) is 0 Å². The minimum absolute atomic E-state index is 0.129. The van der Waals surface area contributed by atoms with Gasteiger partial charge in [-0.3, -0.25) is 4.79 Å². The van der Waals surface area contributed by atoms with Gasteiger partial charge in [0.2, 0.25) is 0 Å². The zero-order valence-corrected chi connectivity index (χ0v) is 7.99. The minimum Gasteiger partial charge on any atom is -0.481 e. The van der Waals surface area contributed by atoms with Crippen LogP contribution >= 0.6 is 10.2 Å². The fourth-order valence-electron chi connectivity index (χ4n) is 1.07. The molecule has 1 atom stereocenters. The molecule has 0 spiro atoms. The molecule has 1 unspecified atom stereocenters. The number of hydrogen-bond donors (Lipinski definition) is 1. The first kappa shape index (κ1) is 12.0. The highest BCUT2D eigenvalue weighted by molar-refractivity contribution is 8.48. The van der Waals surface area contributed by atoms with Gasteiger partial charge >= 0.3 is 16.2 Å². The molecule has 2 nitrogen and oxygen atoms in total. The molecule has 0 aromatic rings. The number of carbonyl (C=O) groups is 1. The van der Waals surface area contributed by atoms with E-state index < -0.39 is 33.4 Å². The Labute approximate surface area is 81.8 Å².